The van der Waals surface area contributed by atoms with Crippen LogP contribution < -0.4 is 0 Å². The van der Waals surface area contributed by atoms with Crippen molar-refractivity contribution in [3.05, 3.63) is 35.1 Å². The molecule has 0 aliphatic carbocycles. The molecular formula is C11H13FO. The summed E-state index contributed by atoms with van der Waals surface area (Å²) >= 11 is 0. The number of hydrogen-bond acceptors (Lipinski definition) is 1. The predicted molar refractivity (Wildman–Crippen MR) is 50.3 cm³/mol. The highest BCUT2D eigenvalue weighted by Gasteiger charge is 2.03. The number of carbonyl (C=O) groups excluding carboxylic acids is 1. The summed E-state index contributed by atoms with van der Waals surface area (Å²) in [6, 6.07) is 4.76. The van der Waals surface area contributed by atoms with E-state index in [9.17, 15) is 9.18 Å². The number of benzene rings is 1. The van der Waals surface area contributed by atoms with Crippen molar-refractivity contribution in [1.82, 2.24) is 0 Å². The molecule has 0 radical (unpaired) electrons. The first-order valence-corrected chi connectivity index (χ1v) is 4.37. The van der Waals surface area contributed by atoms with Crippen LogP contribution in [0.5, 0.6) is 0 Å². The molecule has 1 nitrogen and oxygen atoms in total. The molecule has 0 heterocycles. The average Bonchev–Trinajstić information content (AvgIpc) is 2.03. The van der Waals surface area contributed by atoms with Gasteiger partial charge in [-0.25, -0.2) is 4.39 Å². The standard InChI is InChI=1S/C11H13FO/c1-8(2)5-9-3-4-10(7-13)11(12)6-9/h3-4,6-8H,5H2,1-2H3. The maximum Gasteiger partial charge on any atom is 0.152 e. The second-order valence-electron chi connectivity index (χ2n) is 3.57. The lowest BCUT2D eigenvalue weighted by Crippen LogP contribution is -1.96. The number of carbonyl (C=O) groups is 1. The first kappa shape index (κ1) is 9.90. The first-order chi connectivity index (χ1) is 6.13. The van der Waals surface area contributed by atoms with Gasteiger partial charge in [-0.15, -0.1) is 0 Å². The quantitative estimate of drug-likeness (QED) is 0.654. The van der Waals surface area contributed by atoms with Gasteiger partial charge in [-0.1, -0.05) is 19.9 Å². The summed E-state index contributed by atoms with van der Waals surface area (Å²) < 4.78 is 13.1. The van der Waals surface area contributed by atoms with Gasteiger partial charge in [-0.05, 0) is 30.0 Å². The molecule has 0 fully saturated rings. The third-order valence-electron chi connectivity index (χ3n) is 1.84. The van der Waals surface area contributed by atoms with Crippen LogP contribution in [0.15, 0.2) is 18.2 Å². The highest BCUT2D eigenvalue weighted by Crippen LogP contribution is 2.12. The lowest BCUT2D eigenvalue weighted by Gasteiger charge is -2.05. The Balaban J connectivity index is 2.89. The smallest absolute Gasteiger partial charge is 0.152 e. The molecule has 1 aromatic carbocycles. The zero-order valence-electron chi connectivity index (χ0n) is 7.88. The van der Waals surface area contributed by atoms with Gasteiger partial charge in [0.25, 0.3) is 0 Å². The summed E-state index contributed by atoms with van der Waals surface area (Å²) in [5.41, 5.74) is 1.07. The second kappa shape index (κ2) is 4.17. The number of hydrogen-bond donors (Lipinski definition) is 0. The molecule has 0 aliphatic rings. The van der Waals surface area contributed by atoms with Crippen molar-refractivity contribution < 1.29 is 9.18 Å². The van der Waals surface area contributed by atoms with Crippen LogP contribution in [-0.2, 0) is 6.42 Å². The van der Waals surface area contributed by atoms with Crippen LogP contribution in [0.1, 0.15) is 29.8 Å². The molecule has 0 saturated carbocycles. The fraction of sp³-hybridized carbons (Fsp3) is 0.364. The third kappa shape index (κ3) is 2.65. The van der Waals surface area contributed by atoms with Crippen LogP contribution in [0.25, 0.3) is 0 Å². The molecular weight excluding hydrogens is 167 g/mol. The van der Waals surface area contributed by atoms with E-state index in [1.807, 2.05) is 0 Å². The van der Waals surface area contributed by atoms with Gasteiger partial charge in [0.2, 0.25) is 0 Å². The van der Waals surface area contributed by atoms with E-state index in [1.54, 1.807) is 6.07 Å². The molecule has 0 aromatic heterocycles. The largest absolute Gasteiger partial charge is 0.298 e. The maximum atomic E-state index is 13.1. The molecule has 0 unspecified atom stereocenters. The Kier molecular flexibility index (Phi) is 3.18. The minimum atomic E-state index is -0.423. The normalized spacial score (nSPS) is 10.5. The highest BCUT2D eigenvalue weighted by atomic mass is 19.1. The van der Waals surface area contributed by atoms with E-state index in [1.165, 1.54) is 12.1 Å². The topological polar surface area (TPSA) is 17.1 Å². The van der Waals surface area contributed by atoms with Gasteiger partial charge in [0.1, 0.15) is 5.82 Å². The van der Waals surface area contributed by atoms with E-state index in [4.69, 9.17) is 0 Å². The second-order valence-corrected chi connectivity index (χ2v) is 3.57. The van der Waals surface area contributed by atoms with Gasteiger partial charge in [-0.2, -0.15) is 0 Å². The molecule has 1 aromatic rings. The van der Waals surface area contributed by atoms with Crippen LogP contribution in [0.2, 0.25) is 0 Å². The first-order valence-electron chi connectivity index (χ1n) is 4.37. The highest BCUT2D eigenvalue weighted by molar-refractivity contribution is 5.75. The summed E-state index contributed by atoms with van der Waals surface area (Å²) in [4.78, 5) is 10.3. The Morgan fingerprint density at radius 3 is 2.62 bits per heavy atom. The third-order valence-corrected chi connectivity index (χ3v) is 1.84. The molecule has 0 N–H and O–H groups in total. The molecule has 1 rings (SSSR count). The molecule has 0 bridgehead atoms. The summed E-state index contributed by atoms with van der Waals surface area (Å²) in [5, 5.41) is 0. The molecule has 0 amide bonds. The Morgan fingerprint density at radius 1 is 1.46 bits per heavy atom. The van der Waals surface area contributed by atoms with Gasteiger partial charge in [-0.3, -0.25) is 4.79 Å². The zero-order valence-corrected chi connectivity index (χ0v) is 7.88. The van der Waals surface area contributed by atoms with Gasteiger partial charge in [0, 0.05) is 0 Å². The van der Waals surface area contributed by atoms with Crippen LogP contribution >= 0.6 is 0 Å². The summed E-state index contributed by atoms with van der Waals surface area (Å²) in [6.45, 7) is 4.15. The lowest BCUT2D eigenvalue weighted by atomic mass is 10.0. The Labute approximate surface area is 77.6 Å². The molecule has 0 saturated heterocycles. The number of aldehydes is 1. The van der Waals surface area contributed by atoms with E-state index in [-0.39, 0.29) is 5.56 Å². The van der Waals surface area contributed by atoms with Gasteiger partial charge < -0.3 is 0 Å². The Bertz CT molecular complexity index is 305. The predicted octanol–water partition coefficient (Wildman–Crippen LogP) is 2.84. The minimum Gasteiger partial charge on any atom is -0.298 e. The van der Waals surface area contributed by atoms with Crippen molar-refractivity contribution in [3.63, 3.8) is 0 Å². The molecule has 2 heteroatoms. The SMILES string of the molecule is CC(C)Cc1ccc(C=O)c(F)c1. The van der Waals surface area contributed by atoms with Crippen molar-refractivity contribution in [2.45, 2.75) is 20.3 Å². The molecule has 70 valence electrons. The molecule has 13 heavy (non-hydrogen) atoms. The Morgan fingerprint density at radius 2 is 2.15 bits per heavy atom. The van der Waals surface area contributed by atoms with Crippen LogP contribution in [0.4, 0.5) is 4.39 Å². The summed E-state index contributed by atoms with van der Waals surface area (Å²) in [5.74, 6) is 0.0784. The van der Waals surface area contributed by atoms with Crippen molar-refractivity contribution in [2.75, 3.05) is 0 Å². The van der Waals surface area contributed by atoms with Crippen LogP contribution in [0, 0.1) is 11.7 Å². The molecule has 0 aliphatic heterocycles. The molecule has 0 atom stereocenters. The molecule has 0 spiro atoms. The maximum absolute atomic E-state index is 13.1. The van der Waals surface area contributed by atoms with Gasteiger partial charge in [0.15, 0.2) is 6.29 Å². The van der Waals surface area contributed by atoms with E-state index in [2.05, 4.69) is 13.8 Å². The van der Waals surface area contributed by atoms with E-state index in [0.29, 0.717) is 12.2 Å². The Hall–Kier alpha value is -1.18. The zero-order chi connectivity index (χ0) is 9.84. The van der Waals surface area contributed by atoms with Crippen molar-refractivity contribution in [1.29, 1.82) is 0 Å². The fourth-order valence-corrected chi connectivity index (χ4v) is 1.26. The summed E-state index contributed by atoms with van der Waals surface area (Å²) in [7, 11) is 0. The van der Waals surface area contributed by atoms with Crippen molar-refractivity contribution in [2.24, 2.45) is 5.92 Å². The van der Waals surface area contributed by atoms with Gasteiger partial charge >= 0.3 is 0 Å². The van der Waals surface area contributed by atoms with Crippen LogP contribution in [0.3, 0.4) is 0 Å². The fourth-order valence-electron chi connectivity index (χ4n) is 1.26. The van der Waals surface area contributed by atoms with Gasteiger partial charge in [0.05, 0.1) is 5.56 Å². The lowest BCUT2D eigenvalue weighted by molar-refractivity contribution is 0.112. The van der Waals surface area contributed by atoms with Crippen molar-refractivity contribution in [3.8, 4) is 0 Å². The van der Waals surface area contributed by atoms with Crippen LogP contribution in [-0.4, -0.2) is 6.29 Å². The van der Waals surface area contributed by atoms with E-state index >= 15 is 0 Å². The number of rotatable bonds is 3. The minimum absolute atomic E-state index is 0.132. The average molecular weight is 180 g/mol. The number of halogens is 1. The summed E-state index contributed by atoms with van der Waals surface area (Å²) in [6.07, 6.45) is 1.38. The van der Waals surface area contributed by atoms with E-state index in [0.717, 1.165) is 12.0 Å². The monoisotopic (exact) mass is 180 g/mol. The van der Waals surface area contributed by atoms with Crippen molar-refractivity contribution >= 4 is 6.29 Å². The van der Waals surface area contributed by atoms with E-state index < -0.39 is 5.82 Å².